The van der Waals surface area contributed by atoms with Gasteiger partial charge in [-0.05, 0) is 33.0 Å². The first-order valence-corrected chi connectivity index (χ1v) is 6.41. The van der Waals surface area contributed by atoms with Crippen LogP contribution in [0.4, 0.5) is 8.78 Å². The highest BCUT2D eigenvalue weighted by Crippen LogP contribution is 1.94. The predicted octanol–water partition coefficient (Wildman–Crippen LogP) is 1.98. The largest absolute Gasteiger partial charge is 0.375 e. The summed E-state index contributed by atoms with van der Waals surface area (Å²) >= 11 is 0. The number of halogens is 2. The molecule has 0 fully saturated rings. The van der Waals surface area contributed by atoms with E-state index in [9.17, 15) is 8.78 Å². The van der Waals surface area contributed by atoms with E-state index < -0.39 is 13.0 Å². The van der Waals surface area contributed by atoms with Crippen LogP contribution in [-0.4, -0.2) is 56.8 Å². The molecule has 104 valence electrons. The van der Waals surface area contributed by atoms with Gasteiger partial charge < -0.3 is 15.0 Å². The number of likely N-dealkylation sites (N-methyl/N-ethyl adjacent to an activating group) is 1. The lowest BCUT2D eigenvalue weighted by Crippen LogP contribution is -2.39. The van der Waals surface area contributed by atoms with E-state index in [1.165, 1.54) is 0 Å². The Kier molecular flexibility index (Phi) is 10.7. The first-order valence-electron chi connectivity index (χ1n) is 6.41. The molecule has 0 rings (SSSR count). The fourth-order valence-electron chi connectivity index (χ4n) is 1.63. The Morgan fingerprint density at radius 1 is 1.24 bits per heavy atom. The van der Waals surface area contributed by atoms with Gasteiger partial charge in [0.15, 0.2) is 0 Å². The Bertz CT molecular complexity index is 167. The van der Waals surface area contributed by atoms with Crippen LogP contribution < -0.4 is 5.32 Å². The highest BCUT2D eigenvalue weighted by molar-refractivity contribution is 4.65. The number of ether oxygens (including phenoxy) is 1. The second-order valence-corrected chi connectivity index (χ2v) is 4.16. The molecule has 0 spiro atoms. The molecule has 0 radical (unpaired) electrons. The zero-order valence-electron chi connectivity index (χ0n) is 11.2. The van der Waals surface area contributed by atoms with Crippen molar-refractivity contribution in [1.29, 1.82) is 0 Å². The smallest absolute Gasteiger partial charge is 0.261 e. The second-order valence-electron chi connectivity index (χ2n) is 4.16. The van der Waals surface area contributed by atoms with Crippen molar-refractivity contribution in [3.8, 4) is 0 Å². The van der Waals surface area contributed by atoms with Crippen LogP contribution in [-0.2, 0) is 4.74 Å². The van der Waals surface area contributed by atoms with E-state index in [1.807, 2.05) is 0 Å². The van der Waals surface area contributed by atoms with Gasteiger partial charge in [0.2, 0.25) is 0 Å². The van der Waals surface area contributed by atoms with E-state index in [2.05, 4.69) is 31.0 Å². The topological polar surface area (TPSA) is 24.5 Å². The molecule has 0 aliphatic heterocycles. The summed E-state index contributed by atoms with van der Waals surface area (Å²) in [6.07, 6.45) is -1.58. The highest BCUT2D eigenvalue weighted by Gasteiger charge is 2.06. The fourth-order valence-corrected chi connectivity index (χ4v) is 1.63. The van der Waals surface area contributed by atoms with Gasteiger partial charge in [0.05, 0.1) is 0 Å². The van der Waals surface area contributed by atoms with Crippen LogP contribution in [0, 0.1) is 0 Å². The van der Waals surface area contributed by atoms with Crippen LogP contribution in [0.3, 0.4) is 0 Å². The Labute approximate surface area is 104 Å². The summed E-state index contributed by atoms with van der Waals surface area (Å²) in [4.78, 5) is 2.35. The number of rotatable bonds is 11. The number of hydrogen-bond donors (Lipinski definition) is 1. The van der Waals surface area contributed by atoms with Crippen molar-refractivity contribution >= 4 is 0 Å². The molecule has 0 saturated carbocycles. The minimum absolute atomic E-state index is 0.398. The lowest BCUT2D eigenvalue weighted by atomic mass is 10.3. The van der Waals surface area contributed by atoms with Crippen LogP contribution in [0.5, 0.6) is 0 Å². The molecule has 0 bridgehead atoms. The molecule has 0 aliphatic rings. The summed E-state index contributed by atoms with van der Waals surface area (Å²) in [6.45, 7) is 10.3. The summed E-state index contributed by atoms with van der Waals surface area (Å²) in [6, 6.07) is 0.421. The third-order valence-corrected chi connectivity index (χ3v) is 2.63. The van der Waals surface area contributed by atoms with Gasteiger partial charge in [-0.1, -0.05) is 13.8 Å². The predicted molar refractivity (Wildman–Crippen MR) is 66.7 cm³/mol. The minimum Gasteiger partial charge on any atom is -0.375 e. The zero-order chi connectivity index (χ0) is 13.1. The normalized spacial score (nSPS) is 13.6. The van der Waals surface area contributed by atoms with E-state index in [4.69, 9.17) is 4.74 Å². The first kappa shape index (κ1) is 16.7. The molecule has 0 saturated heterocycles. The Morgan fingerprint density at radius 2 is 1.88 bits per heavy atom. The van der Waals surface area contributed by atoms with Crippen molar-refractivity contribution in [2.24, 2.45) is 0 Å². The molecule has 5 heteroatoms. The van der Waals surface area contributed by atoms with Gasteiger partial charge in [-0.3, -0.25) is 0 Å². The molecular weight excluding hydrogens is 226 g/mol. The molecule has 0 aliphatic carbocycles. The first-order chi connectivity index (χ1) is 8.10. The van der Waals surface area contributed by atoms with Crippen molar-refractivity contribution in [3.63, 3.8) is 0 Å². The number of hydrogen-bond acceptors (Lipinski definition) is 3. The molecule has 17 heavy (non-hydrogen) atoms. The van der Waals surface area contributed by atoms with Crippen LogP contribution in [0.2, 0.25) is 0 Å². The fraction of sp³-hybridized carbons (Fsp3) is 1.00. The molecule has 0 amide bonds. The zero-order valence-corrected chi connectivity index (χ0v) is 11.2. The third kappa shape index (κ3) is 10.6. The standard InChI is InChI=1S/C12H26F2N2O/c1-4-16(5-2)9-11(3)15-7-6-8-17-10-12(13)14/h11-12,15H,4-10H2,1-3H3. The number of nitrogens with one attached hydrogen (secondary N) is 1. The van der Waals surface area contributed by atoms with Gasteiger partial charge in [0.1, 0.15) is 6.61 Å². The number of alkyl halides is 2. The molecule has 3 nitrogen and oxygen atoms in total. The summed E-state index contributed by atoms with van der Waals surface area (Å²) in [5, 5.41) is 3.36. The Hall–Kier alpha value is -0.260. The summed E-state index contributed by atoms with van der Waals surface area (Å²) in [5.74, 6) is 0. The maximum absolute atomic E-state index is 11.7. The Balaban J connectivity index is 3.35. The average Bonchev–Trinajstić information content (AvgIpc) is 2.30. The van der Waals surface area contributed by atoms with E-state index in [1.54, 1.807) is 0 Å². The van der Waals surface area contributed by atoms with Gasteiger partial charge in [0, 0.05) is 19.2 Å². The number of nitrogens with zero attached hydrogens (tertiary/aromatic N) is 1. The van der Waals surface area contributed by atoms with Crippen LogP contribution in [0.1, 0.15) is 27.2 Å². The Morgan fingerprint density at radius 3 is 2.41 bits per heavy atom. The molecule has 0 aromatic rings. The van der Waals surface area contributed by atoms with Gasteiger partial charge in [-0.2, -0.15) is 0 Å². The molecule has 1 atom stereocenters. The quantitative estimate of drug-likeness (QED) is 0.569. The lowest BCUT2D eigenvalue weighted by molar-refractivity contribution is 0.0166. The van der Waals surface area contributed by atoms with Crippen LogP contribution in [0.25, 0.3) is 0 Å². The maximum Gasteiger partial charge on any atom is 0.261 e. The van der Waals surface area contributed by atoms with E-state index in [0.29, 0.717) is 12.6 Å². The van der Waals surface area contributed by atoms with Crippen molar-refractivity contribution in [2.45, 2.75) is 39.7 Å². The SMILES string of the molecule is CCN(CC)CC(C)NCCCOCC(F)F. The van der Waals surface area contributed by atoms with Gasteiger partial charge in [-0.15, -0.1) is 0 Å². The molecular formula is C12H26F2N2O. The second kappa shape index (κ2) is 10.9. The minimum atomic E-state index is -2.36. The monoisotopic (exact) mass is 252 g/mol. The summed E-state index contributed by atoms with van der Waals surface area (Å²) in [5.41, 5.74) is 0. The van der Waals surface area contributed by atoms with Crippen molar-refractivity contribution < 1.29 is 13.5 Å². The van der Waals surface area contributed by atoms with Crippen LogP contribution >= 0.6 is 0 Å². The van der Waals surface area contributed by atoms with E-state index in [0.717, 1.165) is 32.6 Å². The van der Waals surface area contributed by atoms with Gasteiger partial charge >= 0.3 is 0 Å². The summed E-state index contributed by atoms with van der Waals surface area (Å²) in [7, 11) is 0. The lowest BCUT2D eigenvalue weighted by Gasteiger charge is -2.23. The van der Waals surface area contributed by atoms with Crippen LogP contribution in [0.15, 0.2) is 0 Å². The average molecular weight is 252 g/mol. The molecule has 1 N–H and O–H groups in total. The third-order valence-electron chi connectivity index (χ3n) is 2.63. The van der Waals surface area contributed by atoms with E-state index >= 15 is 0 Å². The van der Waals surface area contributed by atoms with E-state index in [-0.39, 0.29) is 0 Å². The van der Waals surface area contributed by atoms with Crippen molar-refractivity contribution in [2.75, 3.05) is 39.4 Å². The molecule has 0 aromatic heterocycles. The van der Waals surface area contributed by atoms with Gasteiger partial charge in [-0.25, -0.2) is 8.78 Å². The van der Waals surface area contributed by atoms with Crippen molar-refractivity contribution in [3.05, 3.63) is 0 Å². The van der Waals surface area contributed by atoms with Gasteiger partial charge in [0.25, 0.3) is 6.43 Å². The molecule has 1 unspecified atom stereocenters. The summed E-state index contributed by atoms with van der Waals surface area (Å²) < 4.78 is 28.3. The maximum atomic E-state index is 11.7. The van der Waals surface area contributed by atoms with Crippen molar-refractivity contribution in [1.82, 2.24) is 10.2 Å². The molecule has 0 heterocycles. The molecule has 0 aromatic carbocycles. The highest BCUT2D eigenvalue weighted by atomic mass is 19.3.